The minimum absolute atomic E-state index is 0.0440. The molecule has 82 valence electrons. The molecule has 1 unspecified atom stereocenters. The first-order chi connectivity index (χ1) is 6.47. The second kappa shape index (κ2) is 6.37. The Labute approximate surface area is 84.4 Å². The standard InChI is InChI=1S/C9H19N3O2/c1-3-4-7(10)5-9(14)12(2)6-8(11)13/h7H,3-6,10H2,1-2H3,(H2,11,13). The van der Waals surface area contributed by atoms with Gasteiger partial charge < -0.3 is 16.4 Å². The zero-order valence-electron chi connectivity index (χ0n) is 8.82. The highest BCUT2D eigenvalue weighted by molar-refractivity contribution is 5.83. The van der Waals surface area contributed by atoms with Crippen LogP contribution in [0.3, 0.4) is 0 Å². The van der Waals surface area contributed by atoms with Crippen molar-refractivity contribution < 1.29 is 9.59 Å². The van der Waals surface area contributed by atoms with Crippen molar-refractivity contribution in [2.45, 2.75) is 32.2 Å². The van der Waals surface area contributed by atoms with Gasteiger partial charge in [-0.3, -0.25) is 9.59 Å². The molecule has 0 bridgehead atoms. The van der Waals surface area contributed by atoms with Crippen LogP contribution in [0.15, 0.2) is 0 Å². The Morgan fingerprint density at radius 2 is 2.00 bits per heavy atom. The first-order valence-electron chi connectivity index (χ1n) is 4.75. The monoisotopic (exact) mass is 201 g/mol. The van der Waals surface area contributed by atoms with Crippen molar-refractivity contribution in [2.24, 2.45) is 11.5 Å². The fraction of sp³-hybridized carbons (Fsp3) is 0.778. The summed E-state index contributed by atoms with van der Waals surface area (Å²) in [5.74, 6) is -0.644. The highest BCUT2D eigenvalue weighted by atomic mass is 16.2. The third-order valence-electron chi connectivity index (χ3n) is 1.92. The molecule has 0 heterocycles. The van der Waals surface area contributed by atoms with E-state index in [1.807, 2.05) is 6.92 Å². The van der Waals surface area contributed by atoms with Gasteiger partial charge in [-0.15, -0.1) is 0 Å². The fourth-order valence-corrected chi connectivity index (χ4v) is 1.17. The Morgan fingerprint density at radius 3 is 2.43 bits per heavy atom. The van der Waals surface area contributed by atoms with E-state index in [9.17, 15) is 9.59 Å². The van der Waals surface area contributed by atoms with Crippen LogP contribution in [0.5, 0.6) is 0 Å². The van der Waals surface area contributed by atoms with Crippen molar-refractivity contribution in [2.75, 3.05) is 13.6 Å². The number of primary amides is 1. The highest BCUT2D eigenvalue weighted by Gasteiger charge is 2.14. The van der Waals surface area contributed by atoms with Gasteiger partial charge in [0.05, 0.1) is 6.54 Å². The number of rotatable bonds is 6. The highest BCUT2D eigenvalue weighted by Crippen LogP contribution is 2.00. The predicted octanol–water partition coefficient (Wildman–Crippen LogP) is -0.552. The van der Waals surface area contributed by atoms with Crippen LogP contribution in [0, 0.1) is 0 Å². The number of carbonyl (C=O) groups excluding carboxylic acids is 2. The molecule has 4 N–H and O–H groups in total. The smallest absolute Gasteiger partial charge is 0.237 e. The van der Waals surface area contributed by atoms with Crippen LogP contribution >= 0.6 is 0 Å². The third-order valence-corrected chi connectivity index (χ3v) is 1.92. The lowest BCUT2D eigenvalue weighted by molar-refractivity contribution is -0.134. The molecule has 0 spiro atoms. The topological polar surface area (TPSA) is 89.4 Å². The molecule has 14 heavy (non-hydrogen) atoms. The molecule has 0 rings (SSSR count). The average Bonchev–Trinajstić information content (AvgIpc) is 2.02. The van der Waals surface area contributed by atoms with Crippen molar-refractivity contribution in [3.63, 3.8) is 0 Å². The van der Waals surface area contributed by atoms with E-state index in [-0.39, 0.29) is 24.9 Å². The van der Waals surface area contributed by atoms with E-state index in [4.69, 9.17) is 11.5 Å². The van der Waals surface area contributed by atoms with Crippen LogP contribution in [-0.2, 0) is 9.59 Å². The summed E-state index contributed by atoms with van der Waals surface area (Å²) < 4.78 is 0. The van der Waals surface area contributed by atoms with E-state index < -0.39 is 5.91 Å². The van der Waals surface area contributed by atoms with Gasteiger partial charge in [-0.1, -0.05) is 13.3 Å². The maximum Gasteiger partial charge on any atom is 0.237 e. The van der Waals surface area contributed by atoms with Crippen molar-refractivity contribution in [3.05, 3.63) is 0 Å². The van der Waals surface area contributed by atoms with Crippen LogP contribution in [0.2, 0.25) is 0 Å². The SMILES string of the molecule is CCCC(N)CC(=O)N(C)CC(N)=O. The molecule has 5 nitrogen and oxygen atoms in total. The van der Waals surface area contributed by atoms with Crippen LogP contribution in [0.25, 0.3) is 0 Å². The van der Waals surface area contributed by atoms with Crippen molar-refractivity contribution in [3.8, 4) is 0 Å². The summed E-state index contributed by atoms with van der Waals surface area (Å²) in [4.78, 5) is 23.2. The van der Waals surface area contributed by atoms with Gasteiger partial charge in [-0.2, -0.15) is 0 Å². The van der Waals surface area contributed by atoms with Gasteiger partial charge in [0.15, 0.2) is 0 Å². The predicted molar refractivity (Wildman–Crippen MR) is 54.3 cm³/mol. The number of carbonyl (C=O) groups is 2. The second-order valence-electron chi connectivity index (χ2n) is 3.47. The number of hydrogen-bond donors (Lipinski definition) is 2. The molecule has 0 aliphatic carbocycles. The Balaban J connectivity index is 3.88. The minimum atomic E-state index is -0.509. The first kappa shape index (κ1) is 12.9. The first-order valence-corrected chi connectivity index (χ1v) is 4.75. The third kappa shape index (κ3) is 5.53. The van der Waals surface area contributed by atoms with Crippen molar-refractivity contribution in [1.29, 1.82) is 0 Å². The minimum Gasteiger partial charge on any atom is -0.368 e. The van der Waals surface area contributed by atoms with Gasteiger partial charge in [-0.25, -0.2) is 0 Å². The summed E-state index contributed by atoms with van der Waals surface area (Å²) in [6, 6.07) is -0.122. The van der Waals surface area contributed by atoms with E-state index in [2.05, 4.69) is 0 Å². The van der Waals surface area contributed by atoms with Gasteiger partial charge in [0.2, 0.25) is 11.8 Å². The zero-order chi connectivity index (χ0) is 11.1. The fourth-order valence-electron chi connectivity index (χ4n) is 1.17. The zero-order valence-corrected chi connectivity index (χ0v) is 8.82. The van der Waals surface area contributed by atoms with E-state index in [0.29, 0.717) is 0 Å². The largest absolute Gasteiger partial charge is 0.368 e. The van der Waals surface area contributed by atoms with Crippen LogP contribution in [-0.4, -0.2) is 36.3 Å². The quantitative estimate of drug-likeness (QED) is 0.604. The summed E-state index contributed by atoms with van der Waals surface area (Å²) in [6.07, 6.45) is 2.04. The van der Waals surface area contributed by atoms with Crippen LogP contribution in [0.1, 0.15) is 26.2 Å². The molecule has 2 amide bonds. The Hall–Kier alpha value is -1.10. The number of nitrogens with zero attached hydrogens (tertiary/aromatic N) is 1. The molecule has 5 heteroatoms. The van der Waals surface area contributed by atoms with Gasteiger partial charge in [0.1, 0.15) is 0 Å². The number of likely N-dealkylation sites (N-methyl/N-ethyl adjacent to an activating group) is 1. The molecule has 0 aromatic heterocycles. The number of hydrogen-bond acceptors (Lipinski definition) is 3. The van der Waals surface area contributed by atoms with Gasteiger partial charge in [0.25, 0.3) is 0 Å². The van der Waals surface area contributed by atoms with Crippen LogP contribution in [0.4, 0.5) is 0 Å². The molecular weight excluding hydrogens is 182 g/mol. The molecule has 0 fully saturated rings. The van der Waals surface area contributed by atoms with Crippen molar-refractivity contribution in [1.82, 2.24) is 4.90 Å². The normalized spacial score (nSPS) is 12.2. The van der Waals surface area contributed by atoms with Gasteiger partial charge in [-0.05, 0) is 6.42 Å². The Bertz CT molecular complexity index is 206. The Morgan fingerprint density at radius 1 is 1.43 bits per heavy atom. The summed E-state index contributed by atoms with van der Waals surface area (Å²) in [7, 11) is 1.55. The molecule has 0 saturated carbocycles. The number of amides is 2. The Kier molecular flexibility index (Phi) is 5.87. The van der Waals surface area contributed by atoms with Gasteiger partial charge >= 0.3 is 0 Å². The average molecular weight is 201 g/mol. The molecule has 0 aliphatic rings. The molecule has 0 radical (unpaired) electrons. The summed E-state index contributed by atoms with van der Waals surface area (Å²) in [6.45, 7) is 1.97. The van der Waals surface area contributed by atoms with E-state index in [1.165, 1.54) is 4.90 Å². The van der Waals surface area contributed by atoms with E-state index in [1.54, 1.807) is 7.05 Å². The maximum absolute atomic E-state index is 11.4. The maximum atomic E-state index is 11.4. The molecule has 0 aliphatic heterocycles. The summed E-state index contributed by atoms with van der Waals surface area (Å²) >= 11 is 0. The summed E-state index contributed by atoms with van der Waals surface area (Å²) in [5, 5.41) is 0. The molecule has 1 atom stereocenters. The second-order valence-corrected chi connectivity index (χ2v) is 3.47. The molecule has 0 aromatic rings. The molecule has 0 saturated heterocycles. The lowest BCUT2D eigenvalue weighted by atomic mass is 10.1. The van der Waals surface area contributed by atoms with Crippen LogP contribution < -0.4 is 11.5 Å². The molecular formula is C9H19N3O2. The van der Waals surface area contributed by atoms with E-state index in [0.717, 1.165) is 12.8 Å². The summed E-state index contributed by atoms with van der Waals surface area (Å²) in [5.41, 5.74) is 10.6. The molecule has 0 aromatic carbocycles. The van der Waals surface area contributed by atoms with Crippen molar-refractivity contribution >= 4 is 11.8 Å². The van der Waals surface area contributed by atoms with E-state index >= 15 is 0 Å². The lowest BCUT2D eigenvalue weighted by Crippen LogP contribution is -2.38. The lowest BCUT2D eigenvalue weighted by Gasteiger charge is -2.17. The number of nitrogens with two attached hydrogens (primary N) is 2. The van der Waals surface area contributed by atoms with Gasteiger partial charge in [0, 0.05) is 19.5 Å².